The van der Waals surface area contributed by atoms with Gasteiger partial charge in [0.05, 0.1) is 36.2 Å². The molecule has 10 heteroatoms. The first-order valence-electron chi connectivity index (χ1n) is 11.0. The van der Waals surface area contributed by atoms with Crippen LogP contribution < -0.4 is 15.4 Å². The van der Waals surface area contributed by atoms with Gasteiger partial charge in [-0.25, -0.2) is 14.4 Å². The molecule has 3 N–H and O–H groups in total. The number of aliphatic hydroxyl groups is 1. The van der Waals surface area contributed by atoms with E-state index in [-0.39, 0.29) is 29.0 Å². The number of ether oxygens (including phenoxy) is 1. The Hall–Kier alpha value is -3.30. The van der Waals surface area contributed by atoms with Crippen molar-refractivity contribution in [1.82, 2.24) is 20.3 Å². The van der Waals surface area contributed by atoms with E-state index >= 15 is 0 Å². The van der Waals surface area contributed by atoms with E-state index in [0.29, 0.717) is 28.6 Å². The number of benzene rings is 1. The molecule has 34 heavy (non-hydrogen) atoms. The number of hydrogen-bond acceptors (Lipinski definition) is 7. The lowest BCUT2D eigenvalue weighted by atomic mass is 9.86. The number of rotatable bonds is 7. The summed E-state index contributed by atoms with van der Waals surface area (Å²) < 4.78 is 19.7. The summed E-state index contributed by atoms with van der Waals surface area (Å²) in [5.74, 6) is -0.163. The number of nitrogens with one attached hydrogen (secondary N) is 2. The van der Waals surface area contributed by atoms with Gasteiger partial charge in [0.25, 0.3) is 5.91 Å². The second-order valence-electron chi connectivity index (χ2n) is 8.10. The van der Waals surface area contributed by atoms with Gasteiger partial charge in [0.1, 0.15) is 5.82 Å². The first-order chi connectivity index (χ1) is 16.5. The Morgan fingerprint density at radius 3 is 2.88 bits per heavy atom. The number of aromatic nitrogens is 3. The summed E-state index contributed by atoms with van der Waals surface area (Å²) in [4.78, 5) is 25.6. The summed E-state index contributed by atoms with van der Waals surface area (Å²) in [7, 11) is 1.46. The van der Waals surface area contributed by atoms with Crippen LogP contribution in [0.2, 0.25) is 5.02 Å². The summed E-state index contributed by atoms with van der Waals surface area (Å²) in [6, 6.07) is 5.75. The van der Waals surface area contributed by atoms with E-state index < -0.39 is 11.9 Å². The molecule has 4 rings (SSSR count). The van der Waals surface area contributed by atoms with Crippen molar-refractivity contribution in [3.63, 3.8) is 0 Å². The van der Waals surface area contributed by atoms with Crippen LogP contribution in [0, 0.1) is 11.7 Å². The maximum atomic E-state index is 14.4. The number of nitrogens with zero attached hydrogens (tertiary/aromatic N) is 3. The summed E-state index contributed by atoms with van der Waals surface area (Å²) in [6.07, 6.45) is 7.66. The van der Waals surface area contributed by atoms with Gasteiger partial charge in [0, 0.05) is 29.9 Å². The van der Waals surface area contributed by atoms with E-state index in [9.17, 15) is 14.3 Å². The maximum absolute atomic E-state index is 14.4. The van der Waals surface area contributed by atoms with Crippen molar-refractivity contribution >= 4 is 29.0 Å². The minimum Gasteiger partial charge on any atom is -0.491 e. The van der Waals surface area contributed by atoms with Gasteiger partial charge in [0.15, 0.2) is 17.4 Å². The smallest absolute Gasteiger partial charge is 0.254 e. The fourth-order valence-corrected chi connectivity index (χ4v) is 4.14. The molecule has 2 atom stereocenters. The number of methoxy groups -OCH3 is 1. The maximum Gasteiger partial charge on any atom is 0.254 e. The second kappa shape index (κ2) is 10.8. The number of anilines is 2. The first kappa shape index (κ1) is 23.8. The lowest BCUT2D eigenvalue weighted by Crippen LogP contribution is -2.36. The van der Waals surface area contributed by atoms with E-state index in [2.05, 4.69) is 25.6 Å². The minimum absolute atomic E-state index is 0.0305. The quantitative estimate of drug-likeness (QED) is 0.456. The van der Waals surface area contributed by atoms with Gasteiger partial charge in [-0.1, -0.05) is 24.4 Å². The summed E-state index contributed by atoms with van der Waals surface area (Å²) in [5, 5.41) is 16.5. The van der Waals surface area contributed by atoms with Gasteiger partial charge in [-0.2, -0.15) is 0 Å². The van der Waals surface area contributed by atoms with E-state index in [1.807, 2.05) is 0 Å². The van der Waals surface area contributed by atoms with Crippen LogP contribution in [-0.2, 0) is 0 Å². The predicted octanol–water partition coefficient (Wildman–Crippen LogP) is 4.36. The Kier molecular flexibility index (Phi) is 7.54. The molecule has 0 radical (unpaired) electrons. The molecular weight excluding hydrogens is 461 g/mol. The molecule has 0 spiro atoms. The minimum atomic E-state index is -0.519. The van der Waals surface area contributed by atoms with Crippen molar-refractivity contribution in [1.29, 1.82) is 0 Å². The Bertz CT molecular complexity index is 1180. The molecular formula is C24H25ClFN5O3. The van der Waals surface area contributed by atoms with E-state index in [1.54, 1.807) is 6.07 Å². The highest BCUT2D eigenvalue weighted by Gasteiger charge is 2.24. The fraction of sp³-hybridized carbons (Fsp3) is 0.333. The molecule has 2 heterocycles. The fourth-order valence-electron chi connectivity index (χ4n) is 3.97. The summed E-state index contributed by atoms with van der Waals surface area (Å²) in [5.41, 5.74) is 0.868. The standard InChI is InChI=1S/C24H25ClFN5O3/c1-34-21-13-28-22(16-10-15(25)6-7-18(16)26)31-23(21)30-19-8-9-27-12-17(19)24(33)29-11-14-4-2-3-5-20(14)32/h6-10,12-14,20,32H,2-5,11H2,1H3,(H,29,33)(H,27,28,30,31). The van der Waals surface area contributed by atoms with Crippen LogP contribution in [0.25, 0.3) is 11.4 Å². The summed E-state index contributed by atoms with van der Waals surface area (Å²) >= 11 is 6.02. The van der Waals surface area contributed by atoms with E-state index in [0.717, 1.165) is 25.7 Å². The highest BCUT2D eigenvalue weighted by Crippen LogP contribution is 2.31. The van der Waals surface area contributed by atoms with Crippen molar-refractivity contribution in [3.05, 3.63) is 59.3 Å². The summed E-state index contributed by atoms with van der Waals surface area (Å²) in [6.45, 7) is 0.378. The molecule has 1 aliphatic carbocycles. The van der Waals surface area contributed by atoms with Crippen LogP contribution in [-0.4, -0.2) is 45.7 Å². The number of hydrogen-bond donors (Lipinski definition) is 3. The van der Waals surface area contributed by atoms with Crippen LogP contribution in [0.1, 0.15) is 36.0 Å². The highest BCUT2D eigenvalue weighted by atomic mass is 35.5. The lowest BCUT2D eigenvalue weighted by molar-refractivity contribution is 0.0663. The van der Waals surface area contributed by atoms with Gasteiger partial charge in [-0.3, -0.25) is 9.78 Å². The normalized spacial score (nSPS) is 17.8. The van der Waals surface area contributed by atoms with Crippen LogP contribution in [0.4, 0.5) is 15.9 Å². The van der Waals surface area contributed by atoms with Gasteiger partial charge in [-0.15, -0.1) is 0 Å². The van der Waals surface area contributed by atoms with Gasteiger partial charge in [-0.05, 0) is 37.1 Å². The average molecular weight is 486 g/mol. The number of aliphatic hydroxyl groups excluding tert-OH is 1. The Labute approximate surface area is 201 Å². The molecule has 0 saturated heterocycles. The number of halogens is 2. The lowest BCUT2D eigenvalue weighted by Gasteiger charge is -2.27. The molecule has 1 amide bonds. The van der Waals surface area contributed by atoms with Crippen molar-refractivity contribution in [3.8, 4) is 17.1 Å². The third-order valence-electron chi connectivity index (χ3n) is 5.86. The second-order valence-corrected chi connectivity index (χ2v) is 8.54. The molecule has 178 valence electrons. The molecule has 2 unspecified atom stereocenters. The zero-order chi connectivity index (χ0) is 24.1. The third-order valence-corrected chi connectivity index (χ3v) is 6.09. The SMILES string of the molecule is COc1cnc(-c2cc(Cl)ccc2F)nc1Nc1ccncc1C(=O)NCC1CCCCC1O. The first-order valence-corrected chi connectivity index (χ1v) is 11.4. The zero-order valence-electron chi connectivity index (χ0n) is 18.6. The Morgan fingerprint density at radius 1 is 1.26 bits per heavy atom. The van der Waals surface area contributed by atoms with Gasteiger partial charge < -0.3 is 20.5 Å². The van der Waals surface area contributed by atoms with Gasteiger partial charge >= 0.3 is 0 Å². The number of carbonyl (C=O) groups excluding carboxylic acids is 1. The number of carbonyl (C=O) groups is 1. The van der Waals surface area contributed by atoms with Gasteiger partial charge in [0.2, 0.25) is 0 Å². The van der Waals surface area contributed by atoms with Crippen LogP contribution in [0.15, 0.2) is 42.9 Å². The van der Waals surface area contributed by atoms with E-state index in [4.69, 9.17) is 16.3 Å². The molecule has 0 bridgehead atoms. The molecule has 1 aliphatic rings. The van der Waals surface area contributed by atoms with Crippen LogP contribution in [0.3, 0.4) is 0 Å². The highest BCUT2D eigenvalue weighted by molar-refractivity contribution is 6.30. The monoisotopic (exact) mass is 485 g/mol. The Morgan fingerprint density at radius 2 is 2.09 bits per heavy atom. The third kappa shape index (κ3) is 5.43. The van der Waals surface area contributed by atoms with Crippen molar-refractivity contribution in [2.24, 2.45) is 5.92 Å². The van der Waals surface area contributed by atoms with Crippen molar-refractivity contribution in [2.45, 2.75) is 31.8 Å². The van der Waals surface area contributed by atoms with Crippen molar-refractivity contribution in [2.75, 3.05) is 19.0 Å². The molecule has 0 aliphatic heterocycles. The predicted molar refractivity (Wildman–Crippen MR) is 127 cm³/mol. The molecule has 2 aromatic heterocycles. The van der Waals surface area contributed by atoms with Crippen LogP contribution >= 0.6 is 11.6 Å². The average Bonchev–Trinajstić information content (AvgIpc) is 2.85. The Balaban J connectivity index is 1.58. The number of amides is 1. The molecule has 1 saturated carbocycles. The largest absolute Gasteiger partial charge is 0.491 e. The topological polar surface area (TPSA) is 109 Å². The number of pyridine rings is 1. The molecule has 3 aromatic rings. The van der Waals surface area contributed by atoms with Crippen molar-refractivity contribution < 1.29 is 19.0 Å². The molecule has 1 fully saturated rings. The van der Waals surface area contributed by atoms with Crippen LogP contribution in [0.5, 0.6) is 5.75 Å². The molecule has 8 nitrogen and oxygen atoms in total. The molecule has 1 aromatic carbocycles. The zero-order valence-corrected chi connectivity index (χ0v) is 19.3. The van der Waals surface area contributed by atoms with E-state index in [1.165, 1.54) is 43.9 Å².